The van der Waals surface area contributed by atoms with Crippen LogP contribution in [0, 0.1) is 6.92 Å². The van der Waals surface area contributed by atoms with Crippen molar-refractivity contribution in [2.45, 2.75) is 19.1 Å². The van der Waals surface area contributed by atoms with Gasteiger partial charge in [-0.25, -0.2) is 10.1 Å². The molecule has 4 rings (SSSR count). The Morgan fingerprint density at radius 3 is 2.76 bits per heavy atom. The number of rotatable bonds is 8. The number of fused-ring (bicyclic) bond motifs is 1. The Labute approximate surface area is 172 Å². The minimum atomic E-state index is -0.306. The van der Waals surface area contributed by atoms with E-state index in [2.05, 4.69) is 54.7 Å². The number of aromatic amines is 2. The van der Waals surface area contributed by atoms with Crippen LogP contribution in [0.2, 0.25) is 0 Å². The lowest BCUT2D eigenvalue weighted by atomic mass is 10.0. The van der Waals surface area contributed by atoms with Crippen LogP contribution < -0.4 is 10.9 Å². The second kappa shape index (κ2) is 8.91. The van der Waals surface area contributed by atoms with E-state index in [-0.39, 0.29) is 5.56 Å². The summed E-state index contributed by atoms with van der Waals surface area (Å²) in [6.45, 7) is 2.70. The number of nitrogens with zero attached hydrogens (tertiary/aromatic N) is 3. The minimum absolute atomic E-state index is 0.306. The lowest BCUT2D eigenvalue weighted by Gasteiger charge is -2.06. The Balaban J connectivity index is 1.31. The van der Waals surface area contributed by atoms with Crippen molar-refractivity contribution in [2.24, 2.45) is 0 Å². The Bertz CT molecular complexity index is 1170. The summed E-state index contributed by atoms with van der Waals surface area (Å²) < 4.78 is 0. The highest BCUT2D eigenvalue weighted by molar-refractivity contribution is 7.98. The van der Waals surface area contributed by atoms with Gasteiger partial charge >= 0.3 is 0 Å². The van der Waals surface area contributed by atoms with E-state index in [0.29, 0.717) is 24.6 Å². The summed E-state index contributed by atoms with van der Waals surface area (Å²) in [5, 5.41) is 12.5. The first kappa shape index (κ1) is 19.2. The lowest BCUT2D eigenvalue weighted by Crippen LogP contribution is -2.20. The van der Waals surface area contributed by atoms with Gasteiger partial charge in [-0.15, -0.1) is 0 Å². The summed E-state index contributed by atoms with van der Waals surface area (Å²) in [5.41, 5.74) is 3.31. The molecule has 148 valence electrons. The van der Waals surface area contributed by atoms with Gasteiger partial charge < -0.3 is 10.3 Å². The molecule has 4 aromatic rings. The van der Waals surface area contributed by atoms with Crippen molar-refractivity contribution in [1.29, 1.82) is 0 Å². The van der Waals surface area contributed by atoms with Crippen LogP contribution >= 0.6 is 11.8 Å². The highest BCUT2D eigenvalue weighted by Gasteiger charge is 2.07. The van der Waals surface area contributed by atoms with Gasteiger partial charge in [0.05, 0.1) is 12.0 Å². The van der Waals surface area contributed by atoms with E-state index in [9.17, 15) is 4.79 Å². The number of H-pyrrole nitrogens is 2. The Morgan fingerprint density at radius 1 is 1.10 bits per heavy atom. The van der Waals surface area contributed by atoms with Gasteiger partial charge in [0.1, 0.15) is 5.69 Å². The van der Waals surface area contributed by atoms with Crippen LogP contribution in [0.4, 0.5) is 5.95 Å². The zero-order valence-electron chi connectivity index (χ0n) is 16.1. The molecular weight excluding hydrogens is 384 g/mol. The van der Waals surface area contributed by atoms with E-state index in [4.69, 9.17) is 0 Å². The largest absolute Gasteiger partial charge is 0.354 e. The molecular formula is C21H22N6OS. The van der Waals surface area contributed by atoms with Gasteiger partial charge in [-0.1, -0.05) is 42.5 Å². The predicted molar refractivity (Wildman–Crippen MR) is 117 cm³/mol. The fourth-order valence-corrected chi connectivity index (χ4v) is 3.91. The van der Waals surface area contributed by atoms with Crippen LogP contribution in [-0.2, 0) is 12.2 Å². The normalized spacial score (nSPS) is 11.1. The number of anilines is 1. The van der Waals surface area contributed by atoms with Crippen molar-refractivity contribution in [1.82, 2.24) is 25.1 Å². The molecule has 2 heterocycles. The Morgan fingerprint density at radius 2 is 1.97 bits per heavy atom. The highest BCUT2D eigenvalue weighted by atomic mass is 32.2. The molecule has 0 radical (unpaired) electrons. The molecule has 2 aromatic heterocycles. The molecule has 8 heteroatoms. The molecule has 0 amide bonds. The fraction of sp³-hybridized carbons (Fsp3) is 0.238. The molecule has 0 saturated heterocycles. The van der Waals surface area contributed by atoms with Crippen molar-refractivity contribution in [3.8, 4) is 0 Å². The van der Waals surface area contributed by atoms with Crippen molar-refractivity contribution in [3.05, 3.63) is 81.8 Å². The molecule has 0 unspecified atom stereocenters. The fourth-order valence-electron chi connectivity index (χ4n) is 3.04. The first-order chi connectivity index (χ1) is 14.2. The van der Waals surface area contributed by atoms with Gasteiger partial charge in [-0.2, -0.15) is 21.8 Å². The maximum atomic E-state index is 12.3. The molecule has 2 aromatic carbocycles. The number of aryl methyl sites for hydroxylation is 1. The first-order valence-corrected chi connectivity index (χ1v) is 10.6. The molecule has 0 bridgehead atoms. The van der Waals surface area contributed by atoms with Crippen molar-refractivity contribution in [2.75, 3.05) is 17.6 Å². The lowest BCUT2D eigenvalue weighted by molar-refractivity contribution is 0.864. The van der Waals surface area contributed by atoms with Crippen molar-refractivity contribution >= 4 is 28.5 Å². The topological polar surface area (TPSA) is 99.3 Å². The molecule has 29 heavy (non-hydrogen) atoms. The summed E-state index contributed by atoms with van der Waals surface area (Å²) in [5.74, 6) is 2.12. The molecule has 0 fully saturated rings. The van der Waals surface area contributed by atoms with Crippen LogP contribution in [-0.4, -0.2) is 37.4 Å². The zero-order chi connectivity index (χ0) is 20.1. The minimum Gasteiger partial charge on any atom is -0.354 e. The van der Waals surface area contributed by atoms with Gasteiger partial charge in [0.15, 0.2) is 0 Å². The van der Waals surface area contributed by atoms with E-state index in [0.717, 1.165) is 33.8 Å². The summed E-state index contributed by atoms with van der Waals surface area (Å²) >= 11 is 1.77. The molecule has 3 N–H and O–H groups in total. The third-order valence-corrected chi connectivity index (χ3v) is 5.62. The zero-order valence-corrected chi connectivity index (χ0v) is 16.9. The van der Waals surface area contributed by atoms with Gasteiger partial charge in [0.2, 0.25) is 5.95 Å². The number of imidazole rings is 1. The molecule has 0 atom stereocenters. The monoisotopic (exact) mass is 406 g/mol. The smallest absolute Gasteiger partial charge is 0.296 e. The van der Waals surface area contributed by atoms with Gasteiger partial charge in [0.25, 0.3) is 5.56 Å². The molecule has 0 spiro atoms. The third kappa shape index (κ3) is 4.83. The van der Waals surface area contributed by atoms with Gasteiger partial charge in [0, 0.05) is 30.2 Å². The summed E-state index contributed by atoms with van der Waals surface area (Å²) in [4.78, 5) is 23.8. The number of thioether (sulfide) groups is 1. The van der Waals surface area contributed by atoms with Gasteiger partial charge in [-0.05, 0) is 23.3 Å². The average Bonchev–Trinajstić information content (AvgIpc) is 3.14. The molecule has 0 saturated carbocycles. The quantitative estimate of drug-likeness (QED) is 0.388. The summed E-state index contributed by atoms with van der Waals surface area (Å²) in [6, 6.07) is 14.3. The third-order valence-electron chi connectivity index (χ3n) is 4.65. The van der Waals surface area contributed by atoms with E-state index >= 15 is 0 Å². The maximum absolute atomic E-state index is 12.3. The average molecular weight is 407 g/mol. The Hall–Kier alpha value is -3.13. The maximum Gasteiger partial charge on any atom is 0.296 e. The molecule has 0 aliphatic carbocycles. The number of aromatic nitrogens is 5. The molecule has 0 aliphatic heterocycles. The summed E-state index contributed by atoms with van der Waals surface area (Å²) in [6.07, 6.45) is 2.16. The predicted octanol–water partition coefficient (Wildman–Crippen LogP) is 3.29. The van der Waals surface area contributed by atoms with E-state index < -0.39 is 0 Å². The summed E-state index contributed by atoms with van der Waals surface area (Å²) in [7, 11) is 0. The van der Waals surface area contributed by atoms with Crippen molar-refractivity contribution < 1.29 is 0 Å². The number of hydrogen-bond acceptors (Lipinski definition) is 6. The van der Waals surface area contributed by atoms with Crippen LogP contribution in [0.3, 0.4) is 0 Å². The molecule has 0 aliphatic rings. The first-order valence-electron chi connectivity index (χ1n) is 9.43. The second-order valence-corrected chi connectivity index (χ2v) is 7.85. The van der Waals surface area contributed by atoms with Crippen molar-refractivity contribution in [3.63, 3.8) is 0 Å². The number of hydrogen-bond donors (Lipinski definition) is 3. The Kier molecular flexibility index (Phi) is 5.90. The number of nitrogens with one attached hydrogen (secondary N) is 3. The van der Waals surface area contributed by atoms with E-state index in [1.807, 2.05) is 25.1 Å². The standard InChI is InChI=1S/C21H22N6OS/c1-14-19(24-13-23-14)12-29-9-8-22-21-25-20(28)18(26-27-21)11-15-6-7-16-4-2-3-5-17(16)10-15/h2-7,10,13H,8-9,11-12H2,1H3,(H,23,24)(H2,22,25,27,28). The second-order valence-electron chi connectivity index (χ2n) is 6.75. The van der Waals surface area contributed by atoms with Crippen LogP contribution in [0.5, 0.6) is 0 Å². The highest BCUT2D eigenvalue weighted by Crippen LogP contribution is 2.17. The van der Waals surface area contributed by atoms with Crippen LogP contribution in [0.15, 0.2) is 53.6 Å². The van der Waals surface area contributed by atoms with Gasteiger partial charge in [-0.3, -0.25) is 4.79 Å². The SMILES string of the molecule is Cc1[nH]cnc1CSCCNc1nc(=O)c(Cc2ccc3ccccc3c2)n[nH]1. The van der Waals surface area contributed by atoms with Crippen LogP contribution in [0.1, 0.15) is 22.6 Å². The van der Waals surface area contributed by atoms with E-state index in [1.165, 1.54) is 5.39 Å². The van der Waals surface area contributed by atoms with Crippen LogP contribution in [0.25, 0.3) is 10.8 Å². The number of benzene rings is 2. The molecule has 7 nitrogen and oxygen atoms in total. The van der Waals surface area contributed by atoms with E-state index in [1.54, 1.807) is 18.1 Å².